The Morgan fingerprint density at radius 1 is 0.467 bits per heavy atom. The molecule has 9 aromatic rings. The third kappa shape index (κ3) is 4.05. The van der Waals surface area contributed by atoms with Crippen LogP contribution in [0.25, 0.3) is 60.6 Å². The summed E-state index contributed by atoms with van der Waals surface area (Å²) in [5.74, 6) is 0. The quantitative estimate of drug-likeness (QED) is 0.203. The van der Waals surface area contributed by atoms with Gasteiger partial charge in [-0.2, -0.15) is 0 Å². The lowest BCUT2D eigenvalue weighted by molar-refractivity contribution is 0.669. The molecule has 0 spiro atoms. The molecule has 0 N–H and O–H groups in total. The lowest BCUT2D eigenvalue weighted by Crippen LogP contribution is -2.10. The van der Waals surface area contributed by atoms with Crippen LogP contribution in [-0.4, -0.2) is 4.57 Å². The second-order valence-corrected chi connectivity index (χ2v) is 11.4. The Kier molecular flexibility index (Phi) is 5.82. The van der Waals surface area contributed by atoms with E-state index in [1.165, 1.54) is 27.4 Å². The maximum Gasteiger partial charge on any atom is 0.159 e. The number of rotatable bonds is 5. The van der Waals surface area contributed by atoms with Crippen molar-refractivity contribution in [2.24, 2.45) is 0 Å². The highest BCUT2D eigenvalue weighted by Crippen LogP contribution is 2.45. The van der Waals surface area contributed by atoms with Crippen LogP contribution in [0, 0.1) is 0 Å². The van der Waals surface area contributed by atoms with Crippen molar-refractivity contribution in [2.45, 2.75) is 0 Å². The van der Waals surface area contributed by atoms with Gasteiger partial charge in [-0.05, 0) is 65.7 Å². The van der Waals surface area contributed by atoms with Crippen molar-refractivity contribution in [3.8, 4) is 16.8 Å². The Morgan fingerprint density at radius 2 is 1.16 bits per heavy atom. The van der Waals surface area contributed by atoms with Crippen molar-refractivity contribution in [1.82, 2.24) is 4.57 Å². The summed E-state index contributed by atoms with van der Waals surface area (Å²) in [6.45, 7) is 0. The lowest BCUT2D eigenvalue weighted by Gasteiger charge is -2.25. The third-order valence-corrected chi connectivity index (χ3v) is 8.77. The minimum atomic E-state index is 0.873. The fraction of sp³-hybridized carbons (Fsp3) is 0. The molecule has 3 heteroatoms. The summed E-state index contributed by atoms with van der Waals surface area (Å²) < 4.78 is 8.95. The van der Waals surface area contributed by atoms with Crippen LogP contribution in [0.2, 0.25) is 0 Å². The first kappa shape index (κ1) is 25.4. The SMILES string of the molecule is c1ccc(-c2cccc3c2c2ccc(N(c4ccccc4)c4cccc5c4oc4ccccc45)cc2n3-c2ccccc2)cc1. The summed E-state index contributed by atoms with van der Waals surface area (Å²) in [5, 5.41) is 4.69. The predicted octanol–water partition coefficient (Wildman–Crippen LogP) is 11.8. The molecule has 2 aromatic heterocycles. The van der Waals surface area contributed by atoms with E-state index in [9.17, 15) is 0 Å². The average molecular weight is 577 g/mol. The fourth-order valence-corrected chi connectivity index (χ4v) is 6.82. The van der Waals surface area contributed by atoms with Gasteiger partial charge in [0.1, 0.15) is 5.58 Å². The lowest BCUT2D eigenvalue weighted by atomic mass is 9.99. The van der Waals surface area contributed by atoms with Gasteiger partial charge in [0.25, 0.3) is 0 Å². The summed E-state index contributed by atoms with van der Waals surface area (Å²) in [7, 11) is 0. The van der Waals surface area contributed by atoms with E-state index in [4.69, 9.17) is 4.42 Å². The molecule has 9 rings (SSSR count). The number of fused-ring (bicyclic) bond motifs is 6. The summed E-state index contributed by atoms with van der Waals surface area (Å²) in [6, 6.07) is 60.1. The van der Waals surface area contributed by atoms with Gasteiger partial charge in [-0.3, -0.25) is 0 Å². The van der Waals surface area contributed by atoms with Crippen LogP contribution in [-0.2, 0) is 0 Å². The Morgan fingerprint density at radius 3 is 1.98 bits per heavy atom. The molecular formula is C42H28N2O. The number of hydrogen-bond acceptors (Lipinski definition) is 2. The number of aromatic nitrogens is 1. The van der Waals surface area contributed by atoms with Gasteiger partial charge in [0.05, 0.1) is 16.7 Å². The maximum atomic E-state index is 6.55. The normalized spacial score (nSPS) is 11.6. The third-order valence-electron chi connectivity index (χ3n) is 8.77. The summed E-state index contributed by atoms with van der Waals surface area (Å²) in [4.78, 5) is 2.31. The zero-order valence-corrected chi connectivity index (χ0v) is 24.5. The number of anilines is 3. The Labute approximate surface area is 260 Å². The van der Waals surface area contributed by atoms with E-state index in [-0.39, 0.29) is 0 Å². The summed E-state index contributed by atoms with van der Waals surface area (Å²) in [5.41, 5.74) is 10.8. The molecule has 0 unspecified atom stereocenters. The van der Waals surface area contributed by atoms with Gasteiger partial charge in [0.2, 0.25) is 0 Å². The molecule has 0 radical (unpaired) electrons. The molecule has 0 fully saturated rings. The van der Waals surface area contributed by atoms with E-state index in [2.05, 4.69) is 167 Å². The number of furan rings is 1. The molecule has 0 aliphatic carbocycles. The highest BCUT2D eigenvalue weighted by Gasteiger charge is 2.22. The van der Waals surface area contributed by atoms with Crippen LogP contribution in [0.1, 0.15) is 0 Å². The summed E-state index contributed by atoms with van der Waals surface area (Å²) >= 11 is 0. The number of hydrogen-bond donors (Lipinski definition) is 0. The van der Waals surface area contributed by atoms with Gasteiger partial charge < -0.3 is 13.9 Å². The molecule has 0 aliphatic heterocycles. The van der Waals surface area contributed by atoms with Crippen molar-refractivity contribution in [2.75, 3.05) is 4.90 Å². The Balaban J connectivity index is 1.36. The molecule has 3 nitrogen and oxygen atoms in total. The number of para-hydroxylation sites is 4. The largest absolute Gasteiger partial charge is 0.454 e. The Bertz CT molecular complexity index is 2470. The van der Waals surface area contributed by atoms with E-state index in [0.29, 0.717) is 0 Å². The van der Waals surface area contributed by atoms with Crippen LogP contribution in [0.15, 0.2) is 174 Å². The van der Waals surface area contributed by atoms with Crippen molar-refractivity contribution >= 4 is 60.8 Å². The fourth-order valence-electron chi connectivity index (χ4n) is 6.82. The van der Waals surface area contributed by atoms with E-state index >= 15 is 0 Å². The van der Waals surface area contributed by atoms with Crippen molar-refractivity contribution in [3.05, 3.63) is 170 Å². The second kappa shape index (κ2) is 10.3. The maximum absolute atomic E-state index is 6.55. The molecule has 2 heterocycles. The molecule has 212 valence electrons. The van der Waals surface area contributed by atoms with E-state index in [1.807, 2.05) is 12.1 Å². The number of nitrogens with zero attached hydrogens (tertiary/aromatic N) is 2. The van der Waals surface area contributed by atoms with Crippen molar-refractivity contribution in [3.63, 3.8) is 0 Å². The van der Waals surface area contributed by atoms with Crippen LogP contribution < -0.4 is 4.90 Å². The van der Waals surface area contributed by atoms with Gasteiger partial charge in [0, 0.05) is 38.6 Å². The molecular weight excluding hydrogens is 548 g/mol. The predicted molar refractivity (Wildman–Crippen MR) is 188 cm³/mol. The number of benzene rings is 7. The van der Waals surface area contributed by atoms with Crippen molar-refractivity contribution < 1.29 is 4.42 Å². The van der Waals surface area contributed by atoms with Gasteiger partial charge >= 0.3 is 0 Å². The van der Waals surface area contributed by atoms with Crippen LogP contribution in [0.3, 0.4) is 0 Å². The van der Waals surface area contributed by atoms with Crippen molar-refractivity contribution in [1.29, 1.82) is 0 Å². The molecule has 0 amide bonds. The molecule has 0 atom stereocenters. The van der Waals surface area contributed by atoms with Crippen LogP contribution >= 0.6 is 0 Å². The molecule has 0 saturated heterocycles. The Hall–Kier alpha value is -6.06. The smallest absolute Gasteiger partial charge is 0.159 e. The molecule has 45 heavy (non-hydrogen) atoms. The standard InChI is InChI=1S/C42H28N2O/c1-4-14-29(15-5-1)33-21-12-23-37-41(33)36-27-26-32(28-39(36)44(37)31-18-8-3-9-19-31)43(30-16-6-2-7-17-30)38-24-13-22-35-34-20-10-11-25-40(34)45-42(35)38/h1-28H. The first-order valence-corrected chi connectivity index (χ1v) is 15.3. The van der Waals surface area contributed by atoms with E-state index < -0.39 is 0 Å². The minimum Gasteiger partial charge on any atom is -0.454 e. The molecule has 0 aliphatic rings. The average Bonchev–Trinajstić information content (AvgIpc) is 3.66. The molecule has 0 bridgehead atoms. The zero-order chi connectivity index (χ0) is 29.7. The monoisotopic (exact) mass is 576 g/mol. The van der Waals surface area contributed by atoms with E-state index in [0.717, 1.165) is 50.2 Å². The topological polar surface area (TPSA) is 21.3 Å². The summed E-state index contributed by atoms with van der Waals surface area (Å²) in [6.07, 6.45) is 0. The van der Waals surface area contributed by atoms with Crippen LogP contribution in [0.5, 0.6) is 0 Å². The van der Waals surface area contributed by atoms with Gasteiger partial charge in [-0.1, -0.05) is 115 Å². The molecule has 7 aromatic carbocycles. The second-order valence-electron chi connectivity index (χ2n) is 11.4. The highest BCUT2D eigenvalue weighted by atomic mass is 16.3. The first-order chi connectivity index (χ1) is 22.3. The first-order valence-electron chi connectivity index (χ1n) is 15.3. The zero-order valence-electron chi connectivity index (χ0n) is 24.5. The van der Waals surface area contributed by atoms with Gasteiger partial charge in [-0.15, -0.1) is 0 Å². The van der Waals surface area contributed by atoms with E-state index in [1.54, 1.807) is 0 Å². The molecule has 0 saturated carbocycles. The van der Waals surface area contributed by atoms with Gasteiger partial charge in [-0.25, -0.2) is 0 Å². The van der Waals surface area contributed by atoms with Crippen LogP contribution in [0.4, 0.5) is 17.1 Å². The van der Waals surface area contributed by atoms with Gasteiger partial charge in [0.15, 0.2) is 5.58 Å². The minimum absolute atomic E-state index is 0.873. The highest BCUT2D eigenvalue weighted by molar-refractivity contribution is 6.17.